The number of H-pyrrole nitrogens is 2. The fourth-order valence-electron chi connectivity index (χ4n) is 3.57. The summed E-state index contributed by atoms with van der Waals surface area (Å²) in [6.07, 6.45) is 3.84. The summed E-state index contributed by atoms with van der Waals surface area (Å²) < 4.78 is 0.991. The van der Waals surface area contributed by atoms with Crippen LogP contribution in [-0.4, -0.2) is 28.1 Å². The average molecular weight is 407 g/mol. The van der Waals surface area contributed by atoms with Crippen LogP contribution in [-0.2, 0) is 4.79 Å². The highest BCUT2D eigenvalue weighted by Gasteiger charge is 2.27. The van der Waals surface area contributed by atoms with Crippen LogP contribution in [0.25, 0.3) is 21.8 Å². The van der Waals surface area contributed by atoms with Crippen molar-refractivity contribution in [3.63, 3.8) is 0 Å². The Morgan fingerprint density at radius 3 is 2.77 bits per heavy atom. The first-order valence-electron chi connectivity index (χ1n) is 8.40. The summed E-state index contributed by atoms with van der Waals surface area (Å²) in [5, 5.41) is 5.12. The molecule has 4 aromatic rings. The highest BCUT2D eigenvalue weighted by molar-refractivity contribution is 9.10. The zero-order valence-corrected chi connectivity index (χ0v) is 15.3. The van der Waals surface area contributed by atoms with Gasteiger partial charge in [-0.2, -0.15) is 0 Å². The molecule has 1 aliphatic rings. The van der Waals surface area contributed by atoms with E-state index in [1.54, 1.807) is 0 Å². The van der Waals surface area contributed by atoms with Gasteiger partial charge in [0.2, 0.25) is 0 Å². The van der Waals surface area contributed by atoms with Crippen molar-refractivity contribution in [1.82, 2.24) is 15.3 Å². The predicted octanol–water partition coefficient (Wildman–Crippen LogP) is 4.07. The standard InChI is InChI=1S/C20H15BrN4O/c21-11-5-6-13-15(9-23-17(13)7-11)19-20(26)24-10-18(25-19)14-8-22-16-4-2-1-3-12(14)16/h1-9,18,22-23H,10H2,(H,24,26)/t18-/m0/s1. The van der Waals surface area contributed by atoms with E-state index in [4.69, 9.17) is 4.99 Å². The number of nitrogens with one attached hydrogen (secondary N) is 3. The zero-order chi connectivity index (χ0) is 17.7. The van der Waals surface area contributed by atoms with Gasteiger partial charge in [-0.1, -0.05) is 40.2 Å². The van der Waals surface area contributed by atoms with E-state index >= 15 is 0 Å². The average Bonchev–Trinajstić information content (AvgIpc) is 3.26. The van der Waals surface area contributed by atoms with Crippen molar-refractivity contribution in [3.8, 4) is 0 Å². The highest BCUT2D eigenvalue weighted by Crippen LogP contribution is 2.30. The van der Waals surface area contributed by atoms with Gasteiger partial charge in [-0.3, -0.25) is 9.79 Å². The molecule has 0 saturated heterocycles. The first-order chi connectivity index (χ1) is 12.7. The van der Waals surface area contributed by atoms with Crippen molar-refractivity contribution in [1.29, 1.82) is 0 Å². The lowest BCUT2D eigenvalue weighted by Gasteiger charge is -2.21. The molecule has 0 fully saturated rings. The molecule has 0 unspecified atom stereocenters. The van der Waals surface area contributed by atoms with Gasteiger partial charge in [0.1, 0.15) is 5.71 Å². The van der Waals surface area contributed by atoms with E-state index in [0.29, 0.717) is 12.3 Å². The Balaban J connectivity index is 1.64. The molecule has 1 atom stereocenters. The second-order valence-corrected chi connectivity index (χ2v) is 7.30. The van der Waals surface area contributed by atoms with Gasteiger partial charge in [0, 0.05) is 56.3 Å². The summed E-state index contributed by atoms with van der Waals surface area (Å²) in [5.74, 6) is -0.134. The fourth-order valence-corrected chi connectivity index (χ4v) is 3.93. The normalized spacial score (nSPS) is 17.5. The van der Waals surface area contributed by atoms with Gasteiger partial charge in [0.15, 0.2) is 0 Å². The van der Waals surface area contributed by atoms with Crippen molar-refractivity contribution in [2.24, 2.45) is 4.99 Å². The van der Waals surface area contributed by atoms with Gasteiger partial charge < -0.3 is 15.3 Å². The van der Waals surface area contributed by atoms with Gasteiger partial charge in [-0.05, 0) is 18.2 Å². The van der Waals surface area contributed by atoms with Crippen molar-refractivity contribution in [3.05, 3.63) is 70.5 Å². The van der Waals surface area contributed by atoms with Crippen molar-refractivity contribution < 1.29 is 4.79 Å². The highest BCUT2D eigenvalue weighted by atomic mass is 79.9. The first kappa shape index (κ1) is 15.4. The molecule has 2 aromatic carbocycles. The number of carbonyl (C=O) groups is 1. The number of amides is 1. The molecule has 0 spiro atoms. The molecule has 5 nitrogen and oxygen atoms in total. The third-order valence-corrected chi connectivity index (χ3v) is 5.33. The van der Waals surface area contributed by atoms with Crippen LogP contribution in [0.1, 0.15) is 17.2 Å². The Kier molecular flexibility index (Phi) is 3.46. The zero-order valence-electron chi connectivity index (χ0n) is 13.7. The minimum Gasteiger partial charge on any atom is -0.361 e. The lowest BCUT2D eigenvalue weighted by atomic mass is 10.0. The Morgan fingerprint density at radius 1 is 1.00 bits per heavy atom. The molecule has 3 heterocycles. The summed E-state index contributed by atoms with van der Waals surface area (Å²) in [7, 11) is 0. The van der Waals surface area contributed by atoms with Crippen LogP contribution >= 0.6 is 15.9 Å². The summed E-state index contributed by atoms with van der Waals surface area (Å²) in [6.45, 7) is 0.498. The van der Waals surface area contributed by atoms with E-state index in [0.717, 1.165) is 37.4 Å². The predicted molar refractivity (Wildman–Crippen MR) is 107 cm³/mol. The van der Waals surface area contributed by atoms with Gasteiger partial charge >= 0.3 is 0 Å². The number of aliphatic imine (C=N–C) groups is 1. The first-order valence-corrected chi connectivity index (χ1v) is 9.19. The molecule has 26 heavy (non-hydrogen) atoms. The molecule has 5 rings (SSSR count). The van der Waals surface area contributed by atoms with Gasteiger partial charge in [0.25, 0.3) is 5.91 Å². The second kappa shape index (κ2) is 5.85. The third-order valence-electron chi connectivity index (χ3n) is 4.84. The number of aromatic amines is 2. The van der Waals surface area contributed by atoms with Crippen LogP contribution in [0, 0.1) is 0 Å². The number of hydrogen-bond acceptors (Lipinski definition) is 2. The number of rotatable bonds is 2. The van der Waals surface area contributed by atoms with E-state index in [1.165, 1.54) is 0 Å². The molecule has 0 saturated carbocycles. The van der Waals surface area contributed by atoms with Crippen LogP contribution in [0.15, 0.2) is 64.3 Å². The quantitative estimate of drug-likeness (QED) is 0.461. The number of halogens is 1. The SMILES string of the molecule is O=C1NC[C@@H](c2c[nH]c3ccccc23)N=C1c1c[nH]c2cc(Br)ccc12. The molecule has 0 bridgehead atoms. The summed E-state index contributed by atoms with van der Waals surface area (Å²) in [4.78, 5) is 23.9. The molecular weight excluding hydrogens is 392 g/mol. The van der Waals surface area contributed by atoms with Crippen LogP contribution in [0.3, 0.4) is 0 Å². The maximum atomic E-state index is 12.5. The lowest BCUT2D eigenvalue weighted by molar-refractivity contribution is -0.115. The monoisotopic (exact) mass is 406 g/mol. The van der Waals surface area contributed by atoms with Crippen LogP contribution in [0.5, 0.6) is 0 Å². The number of nitrogens with zero attached hydrogens (tertiary/aromatic N) is 1. The Bertz CT molecular complexity index is 1190. The Morgan fingerprint density at radius 2 is 1.85 bits per heavy atom. The molecule has 0 radical (unpaired) electrons. The fraction of sp³-hybridized carbons (Fsp3) is 0.100. The van der Waals surface area contributed by atoms with E-state index in [2.05, 4.69) is 37.3 Å². The molecule has 3 N–H and O–H groups in total. The van der Waals surface area contributed by atoms with Crippen molar-refractivity contribution in [2.45, 2.75) is 6.04 Å². The van der Waals surface area contributed by atoms with Crippen molar-refractivity contribution >= 4 is 49.4 Å². The Hall–Kier alpha value is -2.86. The van der Waals surface area contributed by atoms with Crippen LogP contribution in [0.2, 0.25) is 0 Å². The molecule has 6 heteroatoms. The smallest absolute Gasteiger partial charge is 0.270 e. The molecule has 1 aliphatic heterocycles. The van der Waals surface area contributed by atoms with E-state index < -0.39 is 0 Å². The number of hydrogen-bond donors (Lipinski definition) is 3. The largest absolute Gasteiger partial charge is 0.361 e. The van der Waals surface area contributed by atoms with Crippen LogP contribution in [0.4, 0.5) is 0 Å². The number of para-hydroxylation sites is 1. The maximum Gasteiger partial charge on any atom is 0.270 e. The topological polar surface area (TPSA) is 73.0 Å². The lowest BCUT2D eigenvalue weighted by Crippen LogP contribution is -2.39. The second-order valence-electron chi connectivity index (χ2n) is 6.39. The molecule has 1 amide bonds. The number of carbonyl (C=O) groups excluding carboxylic acids is 1. The van der Waals surface area contributed by atoms with Gasteiger partial charge in [0.05, 0.1) is 6.04 Å². The number of aromatic nitrogens is 2. The summed E-state index contributed by atoms with van der Waals surface area (Å²) in [6, 6.07) is 14.0. The molecule has 2 aromatic heterocycles. The Labute approximate surface area is 157 Å². The minimum atomic E-state index is -0.134. The van der Waals surface area contributed by atoms with Crippen molar-refractivity contribution in [2.75, 3.05) is 6.54 Å². The van der Waals surface area contributed by atoms with E-state index in [9.17, 15) is 4.79 Å². The maximum absolute atomic E-state index is 12.5. The minimum absolute atomic E-state index is 0.112. The summed E-state index contributed by atoms with van der Waals surface area (Å²) >= 11 is 3.48. The molecule has 0 aliphatic carbocycles. The van der Waals surface area contributed by atoms with Crippen LogP contribution < -0.4 is 5.32 Å². The third kappa shape index (κ3) is 2.37. The van der Waals surface area contributed by atoms with Gasteiger partial charge in [-0.15, -0.1) is 0 Å². The van der Waals surface area contributed by atoms with Gasteiger partial charge in [-0.25, -0.2) is 0 Å². The number of fused-ring (bicyclic) bond motifs is 2. The van der Waals surface area contributed by atoms with E-state index in [1.807, 2.05) is 48.8 Å². The van der Waals surface area contributed by atoms with E-state index in [-0.39, 0.29) is 11.9 Å². The summed E-state index contributed by atoms with van der Waals surface area (Å²) in [5.41, 5.74) is 4.45. The molecular formula is C20H15BrN4O. The molecule has 128 valence electrons. The number of benzene rings is 2.